The molecule has 0 bridgehead atoms. The number of ether oxygens (including phenoxy) is 8. The Morgan fingerprint density at radius 3 is 1.00 bits per heavy atom. The number of carbonyl (C=O) groups is 2. The molecule has 0 aliphatic heterocycles. The number of esters is 2. The minimum atomic E-state index is -0.546. The van der Waals surface area contributed by atoms with Crippen LogP contribution in [0.25, 0.3) is 54.9 Å². The molecule has 0 fully saturated rings. The van der Waals surface area contributed by atoms with Crippen LogP contribution in [0.4, 0.5) is 0 Å². The fraction of sp³-hybridized carbons (Fsp3) is 0.0741. The molecule has 0 saturated heterocycles. The smallest absolute Gasteiger partial charge is 0.333 e. The summed E-state index contributed by atoms with van der Waals surface area (Å²) >= 11 is 0. The van der Waals surface area contributed by atoms with E-state index in [2.05, 4.69) is 37.4 Å². The van der Waals surface area contributed by atoms with Crippen molar-refractivity contribution in [1.29, 1.82) is 0 Å². The summed E-state index contributed by atoms with van der Waals surface area (Å²) in [6.45, 7) is 6.27. The lowest BCUT2D eigenvalue weighted by atomic mass is 9.92. The second kappa shape index (κ2) is 20.4. The highest BCUT2D eigenvalue weighted by molar-refractivity contribution is 6.09. The Hall–Kier alpha value is -8.50. The molecule has 0 spiro atoms. The van der Waals surface area contributed by atoms with Gasteiger partial charge in [0.2, 0.25) is 27.2 Å². The highest BCUT2D eigenvalue weighted by atomic mass is 16.7. The number of rotatable bonds is 19. The molecular formula is C54H42O10. The maximum absolute atomic E-state index is 11.3. The molecule has 10 heteroatoms. The molecule has 0 unspecified atom stereocenters. The van der Waals surface area contributed by atoms with Crippen LogP contribution < -0.4 is 28.4 Å². The average molecular weight is 851 g/mol. The van der Waals surface area contributed by atoms with Gasteiger partial charge in [-0.2, -0.15) is 0 Å². The maximum atomic E-state index is 11.3. The van der Waals surface area contributed by atoms with Crippen molar-refractivity contribution in [3.63, 3.8) is 0 Å². The molecule has 64 heavy (non-hydrogen) atoms. The Morgan fingerprint density at radius 1 is 0.359 bits per heavy atom. The minimum absolute atomic E-state index is 0.0433. The lowest BCUT2D eigenvalue weighted by Gasteiger charge is -2.20. The van der Waals surface area contributed by atoms with E-state index in [1.165, 1.54) is 0 Å². The third-order valence-corrected chi connectivity index (χ3v) is 10.2. The monoisotopic (exact) mass is 850 g/mol. The van der Waals surface area contributed by atoms with Crippen molar-refractivity contribution in [2.45, 2.75) is 0 Å². The molecule has 0 aliphatic carbocycles. The van der Waals surface area contributed by atoms with Crippen molar-refractivity contribution < 1.29 is 47.5 Å². The average Bonchev–Trinajstić information content (AvgIpc) is 3.34. The van der Waals surface area contributed by atoms with Crippen molar-refractivity contribution in [1.82, 2.24) is 0 Å². The van der Waals surface area contributed by atoms with Gasteiger partial charge in [-0.25, -0.2) is 9.59 Å². The summed E-state index contributed by atoms with van der Waals surface area (Å²) in [4.78, 5) is 22.5. The molecule has 8 rings (SSSR count). The van der Waals surface area contributed by atoms with E-state index < -0.39 is 11.9 Å². The summed E-state index contributed by atoms with van der Waals surface area (Å²) in [7, 11) is 0. The molecule has 0 aliphatic rings. The molecule has 8 aromatic rings. The summed E-state index contributed by atoms with van der Waals surface area (Å²) in [5, 5.41) is 4.07. The third kappa shape index (κ3) is 10.3. The molecule has 318 valence electrons. The first-order chi connectivity index (χ1) is 31.4. The Bertz CT molecular complexity index is 2690. The maximum Gasteiger partial charge on any atom is 0.333 e. The van der Waals surface area contributed by atoms with Gasteiger partial charge in [-0.3, -0.25) is 0 Å². The number of carbonyl (C=O) groups excluding carboxylic acids is 2. The van der Waals surface area contributed by atoms with E-state index in [9.17, 15) is 9.59 Å². The third-order valence-electron chi connectivity index (χ3n) is 10.2. The van der Waals surface area contributed by atoms with E-state index in [0.717, 1.165) is 67.1 Å². The summed E-state index contributed by atoms with van der Waals surface area (Å²) in [5.41, 5.74) is 5.67. The van der Waals surface area contributed by atoms with Crippen LogP contribution in [0.1, 0.15) is 0 Å². The number of fused-ring (bicyclic) bond motifs is 2. The first-order valence-electron chi connectivity index (χ1n) is 20.3. The van der Waals surface area contributed by atoms with Crippen LogP contribution in [0, 0.1) is 0 Å². The molecule has 10 nitrogen and oxygen atoms in total. The van der Waals surface area contributed by atoms with Crippen LogP contribution in [0.5, 0.6) is 34.5 Å². The fourth-order valence-corrected chi connectivity index (χ4v) is 6.98. The summed E-state index contributed by atoms with van der Waals surface area (Å²) in [6, 6.07) is 54.8. The van der Waals surface area contributed by atoms with Gasteiger partial charge in [0.1, 0.15) is 34.5 Å². The molecule has 0 atom stereocenters. The zero-order valence-corrected chi connectivity index (χ0v) is 34.6. The lowest BCUT2D eigenvalue weighted by Crippen LogP contribution is -2.08. The van der Waals surface area contributed by atoms with Gasteiger partial charge in [0.25, 0.3) is 0 Å². The van der Waals surface area contributed by atoms with Gasteiger partial charge < -0.3 is 37.9 Å². The molecule has 0 amide bonds. The molecule has 0 radical (unpaired) electrons. The molecule has 0 heterocycles. The van der Waals surface area contributed by atoms with Crippen LogP contribution >= 0.6 is 0 Å². The Kier molecular flexibility index (Phi) is 13.4. The van der Waals surface area contributed by atoms with Crippen molar-refractivity contribution in [2.75, 3.05) is 27.2 Å². The second-order valence-corrected chi connectivity index (χ2v) is 14.1. The predicted octanol–water partition coefficient (Wildman–Crippen LogP) is 12.0. The van der Waals surface area contributed by atoms with E-state index in [0.29, 0.717) is 34.5 Å². The van der Waals surface area contributed by atoms with E-state index in [1.807, 2.05) is 146 Å². The molecule has 0 aromatic heterocycles. The summed E-state index contributed by atoms with van der Waals surface area (Å²) in [6.07, 6.45) is 2.17. The second-order valence-electron chi connectivity index (χ2n) is 14.1. The molecule has 8 aromatic carbocycles. The van der Waals surface area contributed by atoms with Crippen molar-refractivity contribution >= 4 is 33.5 Å². The number of hydrogen-bond acceptors (Lipinski definition) is 10. The SMILES string of the molecule is C=CC(=O)OCOc1ccc(-c2ccc(OCOc3ccc4ccccc4c3-c3c(OCOc4ccc(-c5ccc(OCOC(=O)C=C)cc5)cc4)ccc4ccccc34)cc2)cc1. The minimum Gasteiger partial charge on any atom is -0.458 e. The van der Waals surface area contributed by atoms with Crippen LogP contribution in [0.2, 0.25) is 0 Å². The zero-order chi connectivity index (χ0) is 44.1. The molecule has 0 saturated carbocycles. The van der Waals surface area contributed by atoms with Gasteiger partial charge in [0.15, 0.2) is 0 Å². The molecule has 0 N–H and O–H groups in total. The van der Waals surface area contributed by atoms with E-state index >= 15 is 0 Å². The van der Waals surface area contributed by atoms with Gasteiger partial charge >= 0.3 is 11.9 Å². The fourth-order valence-electron chi connectivity index (χ4n) is 6.98. The zero-order valence-electron chi connectivity index (χ0n) is 34.6. The van der Waals surface area contributed by atoms with Crippen molar-refractivity contribution in [3.05, 3.63) is 195 Å². The topological polar surface area (TPSA) is 108 Å². The summed E-state index contributed by atoms with van der Waals surface area (Å²) < 4.78 is 45.9. The highest BCUT2D eigenvalue weighted by Gasteiger charge is 2.20. The van der Waals surface area contributed by atoms with E-state index in [-0.39, 0.29) is 27.2 Å². The normalized spacial score (nSPS) is 10.7. The number of hydrogen-bond donors (Lipinski definition) is 0. The molecular weight excluding hydrogens is 809 g/mol. The van der Waals surface area contributed by atoms with Crippen LogP contribution in [-0.2, 0) is 19.1 Å². The van der Waals surface area contributed by atoms with Gasteiger partial charge in [0.05, 0.1) is 0 Å². The largest absolute Gasteiger partial charge is 0.458 e. The van der Waals surface area contributed by atoms with Crippen LogP contribution in [0.15, 0.2) is 195 Å². The van der Waals surface area contributed by atoms with Gasteiger partial charge in [-0.15, -0.1) is 0 Å². The number of benzene rings is 8. The van der Waals surface area contributed by atoms with Gasteiger partial charge in [-0.05, 0) is 104 Å². The predicted molar refractivity (Wildman–Crippen MR) is 246 cm³/mol. The van der Waals surface area contributed by atoms with E-state index in [1.54, 1.807) is 0 Å². The van der Waals surface area contributed by atoms with Crippen LogP contribution in [-0.4, -0.2) is 39.1 Å². The van der Waals surface area contributed by atoms with Crippen molar-refractivity contribution in [2.24, 2.45) is 0 Å². The van der Waals surface area contributed by atoms with Gasteiger partial charge in [-0.1, -0.05) is 122 Å². The highest BCUT2D eigenvalue weighted by Crippen LogP contribution is 2.45. The standard InChI is InChI=1S/C54H42O10/c1-3-51(55)63-35-59-45-27-17-39(18-28-45)37-13-23-43(24-14-37)57-33-61-49-31-21-41-9-5-7-11-47(41)53(49)54-48-12-8-6-10-42(48)22-32-50(54)62-34-58-44-25-15-38(16-26-44)40-19-29-46(30-20-40)60-36-64-52(56)4-2/h3-32H,1-2,33-36H2. The lowest BCUT2D eigenvalue weighted by molar-refractivity contribution is -0.145. The Morgan fingerprint density at radius 2 is 0.672 bits per heavy atom. The summed E-state index contributed by atoms with van der Waals surface area (Å²) in [5.74, 6) is 2.60. The quantitative estimate of drug-likeness (QED) is 0.0443. The first-order valence-corrected chi connectivity index (χ1v) is 20.3. The van der Waals surface area contributed by atoms with Crippen LogP contribution in [0.3, 0.4) is 0 Å². The Balaban J connectivity index is 0.956. The Labute approximate surface area is 370 Å². The first kappa shape index (κ1) is 42.2. The van der Waals surface area contributed by atoms with E-state index in [4.69, 9.17) is 37.9 Å². The van der Waals surface area contributed by atoms with Crippen molar-refractivity contribution in [3.8, 4) is 67.9 Å². The van der Waals surface area contributed by atoms with Gasteiger partial charge in [0, 0.05) is 23.3 Å².